The number of carboxylic acids is 1. The van der Waals surface area contributed by atoms with Crippen LogP contribution < -0.4 is 9.47 Å². The van der Waals surface area contributed by atoms with Crippen molar-refractivity contribution in [3.05, 3.63) is 107 Å². The number of hydrogen-bond donors (Lipinski definition) is 3. The van der Waals surface area contributed by atoms with Crippen molar-refractivity contribution in [2.45, 2.75) is 25.7 Å². The molecule has 0 radical (unpaired) electrons. The Morgan fingerprint density at radius 3 is 2.39 bits per heavy atom. The highest BCUT2D eigenvalue weighted by Gasteiger charge is 2.17. The van der Waals surface area contributed by atoms with Crippen LogP contribution in [0.25, 0.3) is 21.7 Å². The molecule has 1 aromatic heterocycles. The van der Waals surface area contributed by atoms with E-state index in [1.165, 1.54) is 0 Å². The van der Waals surface area contributed by atoms with Gasteiger partial charge in [0.1, 0.15) is 5.75 Å². The number of benzene rings is 4. The van der Waals surface area contributed by atoms with Gasteiger partial charge in [-0.2, -0.15) is 0 Å². The van der Waals surface area contributed by atoms with Gasteiger partial charge in [0.15, 0.2) is 0 Å². The predicted molar refractivity (Wildman–Crippen MR) is 146 cm³/mol. The summed E-state index contributed by atoms with van der Waals surface area (Å²) in [5, 5.41) is 21.6. The summed E-state index contributed by atoms with van der Waals surface area (Å²) < 4.78 is 11.2. The molecule has 0 aliphatic rings. The van der Waals surface area contributed by atoms with E-state index in [1.807, 2.05) is 66.7 Å². The number of nitrogens with one attached hydrogen (secondary N) is 1. The van der Waals surface area contributed by atoms with Crippen molar-refractivity contribution in [2.24, 2.45) is 0 Å². The maximum atomic E-state index is 11.4. The average Bonchev–Trinajstić information content (AvgIpc) is 3.26. The minimum Gasteiger partial charge on any atom is -0.493 e. The van der Waals surface area contributed by atoms with Gasteiger partial charge in [-0.05, 0) is 60.4 Å². The van der Waals surface area contributed by atoms with Crippen molar-refractivity contribution >= 4 is 33.8 Å². The van der Waals surface area contributed by atoms with E-state index < -0.39 is 12.1 Å². The van der Waals surface area contributed by atoms with Gasteiger partial charge in [0, 0.05) is 16.3 Å². The van der Waals surface area contributed by atoms with Crippen molar-refractivity contribution in [1.82, 2.24) is 4.98 Å². The molecule has 0 unspecified atom stereocenters. The normalized spacial score (nSPS) is 11.1. The van der Waals surface area contributed by atoms with Crippen LogP contribution in [0.3, 0.4) is 0 Å². The number of aromatic amines is 1. The van der Waals surface area contributed by atoms with Gasteiger partial charge in [0.05, 0.1) is 17.7 Å². The number of H-pyrrole nitrogens is 1. The molecule has 5 aromatic rings. The van der Waals surface area contributed by atoms with Crippen LogP contribution >= 0.6 is 0 Å². The number of carboxylic acid groups (broad SMARTS) is 2. The Hall–Kier alpha value is -4.78. The molecule has 0 aliphatic heterocycles. The second-order valence-electron chi connectivity index (χ2n) is 9.08. The summed E-state index contributed by atoms with van der Waals surface area (Å²) in [5.41, 5.74) is 3.78. The highest BCUT2D eigenvalue weighted by Crippen LogP contribution is 2.32. The van der Waals surface area contributed by atoms with Crippen molar-refractivity contribution in [3.8, 4) is 11.6 Å². The fourth-order valence-corrected chi connectivity index (χ4v) is 4.83. The SMILES string of the molecule is O=C(O)Oc1[nH]c2c(CCc3cccc(C(=O)O)c3)cccc2c1CCCOc1cccc2ccccc12. The molecule has 0 aliphatic carbocycles. The Morgan fingerprint density at radius 2 is 1.55 bits per heavy atom. The maximum absolute atomic E-state index is 11.4. The van der Waals surface area contributed by atoms with Crippen molar-refractivity contribution in [2.75, 3.05) is 6.61 Å². The van der Waals surface area contributed by atoms with Gasteiger partial charge < -0.3 is 24.7 Å². The number of ether oxygens (including phenoxy) is 2. The van der Waals surface area contributed by atoms with Gasteiger partial charge in [-0.25, -0.2) is 9.59 Å². The van der Waals surface area contributed by atoms with Gasteiger partial charge in [-0.1, -0.05) is 66.7 Å². The Bertz CT molecular complexity index is 1610. The second kappa shape index (κ2) is 11.1. The van der Waals surface area contributed by atoms with Crippen LogP contribution in [0.2, 0.25) is 0 Å². The zero-order valence-electron chi connectivity index (χ0n) is 20.6. The third kappa shape index (κ3) is 5.47. The predicted octanol–water partition coefficient (Wildman–Crippen LogP) is 6.87. The lowest BCUT2D eigenvalue weighted by molar-refractivity contribution is 0.0696. The van der Waals surface area contributed by atoms with Crippen LogP contribution in [-0.2, 0) is 19.3 Å². The summed E-state index contributed by atoms with van der Waals surface area (Å²) in [7, 11) is 0. The lowest BCUT2D eigenvalue weighted by atomic mass is 9.99. The first-order valence-electron chi connectivity index (χ1n) is 12.5. The molecule has 7 heteroatoms. The van der Waals surface area contributed by atoms with E-state index >= 15 is 0 Å². The number of aromatic nitrogens is 1. The third-order valence-electron chi connectivity index (χ3n) is 6.61. The molecule has 0 saturated heterocycles. The monoisotopic (exact) mass is 509 g/mol. The Labute approximate surface area is 219 Å². The maximum Gasteiger partial charge on any atom is 0.512 e. The summed E-state index contributed by atoms with van der Waals surface area (Å²) in [4.78, 5) is 25.9. The number of rotatable bonds is 10. The summed E-state index contributed by atoms with van der Waals surface area (Å²) in [6.07, 6.45) is 1.15. The fraction of sp³-hybridized carbons (Fsp3) is 0.161. The number of aryl methyl sites for hydroxylation is 3. The average molecular weight is 510 g/mol. The molecular formula is C31H27NO6. The smallest absolute Gasteiger partial charge is 0.493 e. The molecule has 38 heavy (non-hydrogen) atoms. The zero-order chi connectivity index (χ0) is 26.5. The Kier molecular flexibility index (Phi) is 7.26. The molecule has 0 atom stereocenters. The van der Waals surface area contributed by atoms with Gasteiger partial charge >= 0.3 is 12.1 Å². The summed E-state index contributed by atoms with van der Waals surface area (Å²) in [6, 6.07) is 26.8. The van der Waals surface area contributed by atoms with Crippen molar-refractivity contribution in [3.63, 3.8) is 0 Å². The largest absolute Gasteiger partial charge is 0.512 e. The highest BCUT2D eigenvalue weighted by molar-refractivity contribution is 5.90. The van der Waals surface area contributed by atoms with Crippen LogP contribution in [0.1, 0.15) is 33.5 Å². The summed E-state index contributed by atoms with van der Waals surface area (Å²) >= 11 is 0. The zero-order valence-corrected chi connectivity index (χ0v) is 20.6. The van der Waals surface area contributed by atoms with Crippen LogP contribution in [0.15, 0.2) is 84.9 Å². The first kappa shape index (κ1) is 24.9. The quantitative estimate of drug-likeness (QED) is 0.140. The van der Waals surface area contributed by atoms with E-state index in [0.29, 0.717) is 32.3 Å². The standard InChI is InChI=1S/C31H27NO6/c33-30(34)23-11-3-7-20(19-23)16-17-22-10-4-13-25-26(29(32-28(22)25)38-31(35)36)14-6-18-37-27-15-5-9-21-8-1-2-12-24(21)27/h1-5,7-13,15,19,32H,6,14,16-18H2,(H,33,34)(H,35,36). The molecule has 7 nitrogen and oxygen atoms in total. The molecular weight excluding hydrogens is 482 g/mol. The molecule has 0 spiro atoms. The van der Waals surface area contributed by atoms with Crippen LogP contribution in [0.4, 0.5) is 4.79 Å². The van der Waals surface area contributed by atoms with Crippen molar-refractivity contribution in [1.29, 1.82) is 0 Å². The summed E-state index contributed by atoms with van der Waals surface area (Å²) in [6.45, 7) is 0.465. The Balaban J connectivity index is 1.33. The molecule has 192 valence electrons. The van der Waals surface area contributed by atoms with Crippen LogP contribution in [0.5, 0.6) is 11.6 Å². The minimum absolute atomic E-state index is 0.220. The van der Waals surface area contributed by atoms with Gasteiger partial charge in [0.25, 0.3) is 0 Å². The van der Waals surface area contributed by atoms with E-state index in [2.05, 4.69) is 4.98 Å². The molecule has 0 saturated carbocycles. The first-order valence-corrected chi connectivity index (χ1v) is 12.5. The minimum atomic E-state index is -1.38. The van der Waals surface area contributed by atoms with Crippen molar-refractivity contribution < 1.29 is 29.3 Å². The molecule has 1 heterocycles. The van der Waals surface area contributed by atoms with Gasteiger partial charge in [-0.15, -0.1) is 0 Å². The first-order chi connectivity index (χ1) is 18.5. The topological polar surface area (TPSA) is 109 Å². The van der Waals surface area contributed by atoms with E-state index in [0.717, 1.165) is 44.1 Å². The summed E-state index contributed by atoms with van der Waals surface area (Å²) in [5.74, 6) is 0.0825. The molecule has 0 amide bonds. The lowest BCUT2D eigenvalue weighted by Crippen LogP contribution is -2.06. The number of fused-ring (bicyclic) bond motifs is 2. The van der Waals surface area contributed by atoms with E-state index in [9.17, 15) is 19.8 Å². The second-order valence-corrected chi connectivity index (χ2v) is 9.08. The van der Waals surface area contributed by atoms with E-state index in [4.69, 9.17) is 9.47 Å². The third-order valence-corrected chi connectivity index (χ3v) is 6.61. The van der Waals surface area contributed by atoms with Gasteiger partial charge in [-0.3, -0.25) is 0 Å². The van der Waals surface area contributed by atoms with E-state index in [1.54, 1.807) is 18.2 Å². The fourth-order valence-electron chi connectivity index (χ4n) is 4.83. The van der Waals surface area contributed by atoms with Crippen LogP contribution in [0, 0.1) is 0 Å². The van der Waals surface area contributed by atoms with E-state index in [-0.39, 0.29) is 11.4 Å². The number of hydrogen-bond acceptors (Lipinski definition) is 4. The highest BCUT2D eigenvalue weighted by atomic mass is 16.7. The van der Waals surface area contributed by atoms with Gasteiger partial charge in [0.2, 0.25) is 5.88 Å². The number of carbonyl (C=O) groups is 2. The molecule has 0 bridgehead atoms. The molecule has 3 N–H and O–H groups in total. The van der Waals surface area contributed by atoms with Crippen LogP contribution in [-0.4, -0.2) is 33.9 Å². The number of para-hydroxylation sites is 1. The molecule has 5 rings (SSSR count). The molecule has 0 fully saturated rings. The number of aromatic carboxylic acids is 1. The molecule has 4 aromatic carbocycles. The Morgan fingerprint density at radius 1 is 0.789 bits per heavy atom. The lowest BCUT2D eigenvalue weighted by Gasteiger charge is -2.10.